The van der Waals surface area contributed by atoms with Gasteiger partial charge in [-0.05, 0) is 103 Å². The van der Waals surface area contributed by atoms with E-state index >= 15 is 0 Å². The maximum atomic E-state index is 2.50. The molecule has 2 nitrogen and oxygen atoms in total. The van der Waals surface area contributed by atoms with E-state index in [0.717, 1.165) is 5.69 Å². The van der Waals surface area contributed by atoms with E-state index in [1.807, 2.05) is 0 Å². The highest BCUT2D eigenvalue weighted by atomic mass is 15.1. The first-order valence-corrected chi connectivity index (χ1v) is 19.9. The molecule has 0 aliphatic rings. The van der Waals surface area contributed by atoms with Crippen molar-refractivity contribution >= 4 is 71.2 Å². The number of hydrogen-bond donors (Lipinski definition) is 0. The molecule has 0 saturated heterocycles. The molecule has 0 spiro atoms. The van der Waals surface area contributed by atoms with Gasteiger partial charge in [0.05, 0.1) is 22.4 Å². The predicted molar refractivity (Wildman–Crippen MR) is 242 cm³/mol. The maximum absolute atomic E-state index is 2.50. The summed E-state index contributed by atoms with van der Waals surface area (Å²) >= 11 is 0. The quantitative estimate of drug-likeness (QED) is 0.161. The summed E-state index contributed by atoms with van der Waals surface area (Å²) in [7, 11) is 0. The van der Waals surface area contributed by atoms with Crippen LogP contribution >= 0.6 is 0 Å². The van der Waals surface area contributed by atoms with Crippen LogP contribution in [0.15, 0.2) is 170 Å². The molecule has 0 aliphatic heterocycles. The zero-order valence-electron chi connectivity index (χ0n) is 33.1. The molecule has 0 amide bonds. The second kappa shape index (κ2) is 12.6. The van der Waals surface area contributed by atoms with Crippen molar-refractivity contribution in [3.63, 3.8) is 0 Å². The number of para-hydroxylation sites is 3. The lowest BCUT2D eigenvalue weighted by atomic mass is 9.74. The van der Waals surface area contributed by atoms with Gasteiger partial charge in [0.15, 0.2) is 0 Å². The second-order valence-electron chi connectivity index (χ2n) is 17.4. The van der Waals surface area contributed by atoms with Crippen molar-refractivity contribution in [2.45, 2.75) is 52.4 Å². The second-order valence-corrected chi connectivity index (χ2v) is 17.4. The summed E-state index contributed by atoms with van der Waals surface area (Å²) < 4.78 is 2.46. The average molecular weight is 723 g/mol. The average Bonchev–Trinajstić information content (AvgIpc) is 3.54. The predicted octanol–water partition coefficient (Wildman–Crippen LogP) is 15.4. The van der Waals surface area contributed by atoms with Crippen molar-refractivity contribution in [1.82, 2.24) is 4.57 Å². The van der Waals surface area contributed by atoms with Crippen LogP contribution in [0, 0.1) is 0 Å². The van der Waals surface area contributed by atoms with E-state index in [1.54, 1.807) is 0 Å². The minimum absolute atomic E-state index is 0.102. The largest absolute Gasteiger partial charge is 0.310 e. The van der Waals surface area contributed by atoms with Crippen LogP contribution in [0.3, 0.4) is 0 Å². The van der Waals surface area contributed by atoms with Crippen molar-refractivity contribution in [1.29, 1.82) is 0 Å². The van der Waals surface area contributed by atoms with E-state index in [4.69, 9.17) is 0 Å². The molecule has 1 heterocycles. The summed E-state index contributed by atoms with van der Waals surface area (Å²) in [6.07, 6.45) is 0. The number of aromatic nitrogens is 1. The van der Waals surface area contributed by atoms with Crippen molar-refractivity contribution in [2.24, 2.45) is 0 Å². The molecule has 10 rings (SSSR count). The van der Waals surface area contributed by atoms with E-state index in [1.165, 1.54) is 93.4 Å². The Morgan fingerprint density at radius 1 is 0.411 bits per heavy atom. The van der Waals surface area contributed by atoms with Gasteiger partial charge in [-0.3, -0.25) is 0 Å². The number of hydrogen-bond acceptors (Lipinski definition) is 1. The molecule has 0 N–H and O–H groups in total. The summed E-state index contributed by atoms with van der Waals surface area (Å²) in [5.74, 6) is 0. The number of fused-ring (bicyclic) bond motifs is 3. The summed E-state index contributed by atoms with van der Waals surface area (Å²) in [5, 5.41) is 10.2. The van der Waals surface area contributed by atoms with E-state index in [0.29, 0.717) is 0 Å². The van der Waals surface area contributed by atoms with E-state index in [-0.39, 0.29) is 10.8 Å². The lowest BCUT2D eigenvalue weighted by Crippen LogP contribution is -2.21. The Kier molecular flexibility index (Phi) is 7.67. The van der Waals surface area contributed by atoms with Gasteiger partial charge in [-0.2, -0.15) is 0 Å². The Morgan fingerprint density at radius 3 is 1.48 bits per heavy atom. The zero-order chi connectivity index (χ0) is 38.3. The molecule has 0 radical (unpaired) electrons. The highest BCUT2D eigenvalue weighted by Crippen LogP contribution is 2.49. The first-order valence-electron chi connectivity index (χ1n) is 19.9. The number of anilines is 3. The normalized spacial score (nSPS) is 12.5. The van der Waals surface area contributed by atoms with Gasteiger partial charge in [0, 0.05) is 32.9 Å². The van der Waals surface area contributed by atoms with Gasteiger partial charge >= 0.3 is 0 Å². The summed E-state index contributed by atoms with van der Waals surface area (Å²) in [6, 6.07) is 63.0. The van der Waals surface area contributed by atoms with Gasteiger partial charge in [-0.15, -0.1) is 0 Å². The highest BCUT2D eigenvalue weighted by molar-refractivity contribution is 6.27. The first-order chi connectivity index (χ1) is 27.1. The SMILES string of the molecule is CC(C)(C)c1cc(N(c2ccccc2)c2ccc3ccc4c(-n5c6ccccc6c6ccccc65)ccc5ccc2c3c54)cc(C(C)(C)C)c1-c1ccccc1. The fourth-order valence-corrected chi connectivity index (χ4v) is 9.20. The molecule has 0 unspecified atom stereocenters. The van der Waals surface area contributed by atoms with Crippen LogP contribution in [0.4, 0.5) is 17.1 Å². The molecule has 0 bridgehead atoms. The fraction of sp³-hybridized carbons (Fsp3) is 0.148. The minimum Gasteiger partial charge on any atom is -0.310 e. The molecular weight excluding hydrogens is 677 g/mol. The van der Waals surface area contributed by atoms with Crippen LogP contribution in [0.2, 0.25) is 0 Å². The third-order valence-electron chi connectivity index (χ3n) is 11.8. The molecule has 0 aliphatic carbocycles. The molecule has 1 aromatic heterocycles. The maximum Gasteiger partial charge on any atom is 0.0541 e. The Labute approximate surface area is 329 Å². The highest BCUT2D eigenvalue weighted by Gasteiger charge is 2.30. The molecule has 2 heteroatoms. The van der Waals surface area contributed by atoms with Gasteiger partial charge in [-0.25, -0.2) is 0 Å². The van der Waals surface area contributed by atoms with Gasteiger partial charge in [0.25, 0.3) is 0 Å². The Bertz CT molecular complexity index is 2990. The first kappa shape index (κ1) is 34.1. The van der Waals surface area contributed by atoms with Crippen LogP contribution < -0.4 is 4.90 Å². The molecule has 56 heavy (non-hydrogen) atoms. The molecule has 0 fully saturated rings. The molecule has 0 atom stereocenters. The van der Waals surface area contributed by atoms with Gasteiger partial charge in [0.1, 0.15) is 0 Å². The fourth-order valence-electron chi connectivity index (χ4n) is 9.20. The lowest BCUT2D eigenvalue weighted by molar-refractivity contribution is 0.572. The number of rotatable bonds is 5. The number of benzene rings is 9. The van der Waals surface area contributed by atoms with E-state index in [2.05, 4.69) is 221 Å². The molecule has 272 valence electrons. The third kappa shape index (κ3) is 5.31. The summed E-state index contributed by atoms with van der Waals surface area (Å²) in [4.78, 5) is 2.50. The molecule has 10 aromatic rings. The molecular formula is C54H46N2. The summed E-state index contributed by atoms with van der Waals surface area (Å²) in [5.41, 5.74) is 12.2. The summed E-state index contributed by atoms with van der Waals surface area (Å²) in [6.45, 7) is 14.1. The zero-order valence-corrected chi connectivity index (χ0v) is 33.1. The Hall–Kier alpha value is -6.38. The van der Waals surface area contributed by atoms with Crippen LogP contribution in [0.1, 0.15) is 52.7 Å². The Balaban J connectivity index is 1.27. The van der Waals surface area contributed by atoms with Crippen LogP contribution in [-0.4, -0.2) is 4.57 Å². The van der Waals surface area contributed by atoms with Crippen LogP contribution in [0.5, 0.6) is 0 Å². The van der Waals surface area contributed by atoms with Crippen molar-refractivity contribution in [3.8, 4) is 16.8 Å². The van der Waals surface area contributed by atoms with Crippen LogP contribution in [-0.2, 0) is 10.8 Å². The van der Waals surface area contributed by atoms with Crippen LogP contribution in [0.25, 0.3) is 70.9 Å². The minimum atomic E-state index is -0.102. The van der Waals surface area contributed by atoms with Crippen molar-refractivity contribution in [3.05, 3.63) is 181 Å². The lowest BCUT2D eigenvalue weighted by Gasteiger charge is -2.35. The van der Waals surface area contributed by atoms with Crippen molar-refractivity contribution < 1.29 is 0 Å². The smallest absolute Gasteiger partial charge is 0.0541 e. The van der Waals surface area contributed by atoms with E-state index in [9.17, 15) is 0 Å². The van der Waals surface area contributed by atoms with Gasteiger partial charge in [0.2, 0.25) is 0 Å². The topological polar surface area (TPSA) is 8.17 Å². The van der Waals surface area contributed by atoms with Gasteiger partial charge in [-0.1, -0.05) is 163 Å². The third-order valence-corrected chi connectivity index (χ3v) is 11.8. The molecule has 0 saturated carbocycles. The number of nitrogens with zero attached hydrogens (tertiary/aromatic N) is 2. The van der Waals surface area contributed by atoms with Crippen molar-refractivity contribution in [2.75, 3.05) is 4.90 Å². The van der Waals surface area contributed by atoms with Gasteiger partial charge < -0.3 is 9.47 Å². The standard InChI is InChI=1S/C54H46N2/c1-53(2,3)44-33-39(34-45(54(4,5)6)52(44)35-17-9-7-10-18-35)55(38-19-11-8-12-20-38)48-31-27-36-26-30-43-49(32-28-37-25-29-42(48)50(36)51(37)43)56-46-23-15-13-21-40(46)41-22-14-16-24-47(41)56/h7-34H,1-6H3. The van der Waals surface area contributed by atoms with E-state index < -0.39 is 0 Å². The molecule has 9 aromatic carbocycles. The Morgan fingerprint density at radius 2 is 0.893 bits per heavy atom. The monoisotopic (exact) mass is 722 g/mol.